The van der Waals surface area contributed by atoms with E-state index in [1.807, 2.05) is 0 Å². The molecule has 4 nitrogen and oxygen atoms in total. The van der Waals surface area contributed by atoms with Crippen LogP contribution in [0.25, 0.3) is 11.1 Å². The normalized spacial score (nSPS) is 10.6. The Bertz CT molecular complexity index is 500. The molecule has 13 heavy (non-hydrogen) atoms. The number of aromatic nitrogens is 1. The zero-order chi connectivity index (χ0) is 9.42. The van der Waals surface area contributed by atoms with Crippen molar-refractivity contribution in [2.45, 2.75) is 0 Å². The van der Waals surface area contributed by atoms with E-state index in [1.54, 1.807) is 12.1 Å². The van der Waals surface area contributed by atoms with Crippen LogP contribution in [0.3, 0.4) is 0 Å². The first-order valence-electron chi connectivity index (χ1n) is 3.57. The summed E-state index contributed by atoms with van der Waals surface area (Å²) in [7, 11) is 1.50. The number of ether oxygens (including phenoxy) is 1. The number of benzene rings is 1. The fourth-order valence-corrected chi connectivity index (χ4v) is 1.35. The van der Waals surface area contributed by atoms with Gasteiger partial charge in [0, 0.05) is 6.07 Å². The first-order chi connectivity index (χ1) is 6.20. The summed E-state index contributed by atoms with van der Waals surface area (Å²) in [5, 5.41) is 0.437. The van der Waals surface area contributed by atoms with Crippen LogP contribution in [-0.4, -0.2) is 12.1 Å². The van der Waals surface area contributed by atoms with Gasteiger partial charge < -0.3 is 9.15 Å². The highest BCUT2D eigenvalue weighted by molar-refractivity contribution is 6.32. The van der Waals surface area contributed by atoms with Gasteiger partial charge in [-0.25, -0.2) is 4.79 Å². The van der Waals surface area contributed by atoms with Crippen molar-refractivity contribution >= 4 is 22.7 Å². The molecule has 0 aliphatic heterocycles. The molecule has 1 aromatic heterocycles. The molecule has 0 saturated heterocycles. The first-order valence-corrected chi connectivity index (χ1v) is 3.95. The Hall–Kier alpha value is -1.42. The third-order valence-electron chi connectivity index (χ3n) is 1.69. The number of halogens is 1. The van der Waals surface area contributed by atoms with Crippen LogP contribution in [0.5, 0.6) is 5.75 Å². The smallest absolute Gasteiger partial charge is 0.417 e. The number of methoxy groups -OCH3 is 1. The highest BCUT2D eigenvalue weighted by atomic mass is 35.5. The Balaban J connectivity index is 2.80. The third-order valence-corrected chi connectivity index (χ3v) is 1.99. The number of aromatic amines is 1. The predicted molar refractivity (Wildman–Crippen MR) is 48.4 cm³/mol. The second-order valence-corrected chi connectivity index (χ2v) is 2.90. The molecule has 1 aromatic carbocycles. The standard InChI is InChI=1S/C8H6ClNO3/c1-12-6-3-7-5(2-4(6)9)10-8(11)13-7/h2-3H,1H3,(H,10,11). The molecule has 0 saturated carbocycles. The minimum atomic E-state index is -0.501. The lowest BCUT2D eigenvalue weighted by Crippen LogP contribution is -1.92. The van der Waals surface area contributed by atoms with E-state index in [0.717, 1.165) is 0 Å². The molecule has 0 fully saturated rings. The molecular weight excluding hydrogens is 194 g/mol. The fraction of sp³-hybridized carbons (Fsp3) is 0.125. The van der Waals surface area contributed by atoms with Crippen molar-refractivity contribution in [3.05, 3.63) is 27.7 Å². The molecule has 0 bridgehead atoms. The number of oxazole rings is 1. The first kappa shape index (κ1) is 8.19. The van der Waals surface area contributed by atoms with Gasteiger partial charge in [-0.05, 0) is 6.07 Å². The van der Waals surface area contributed by atoms with E-state index in [0.29, 0.717) is 21.9 Å². The Labute approximate surface area is 78.1 Å². The van der Waals surface area contributed by atoms with Crippen LogP contribution in [0.15, 0.2) is 21.3 Å². The highest BCUT2D eigenvalue weighted by Crippen LogP contribution is 2.28. The van der Waals surface area contributed by atoms with Crippen molar-refractivity contribution in [2.75, 3.05) is 7.11 Å². The van der Waals surface area contributed by atoms with Gasteiger partial charge >= 0.3 is 5.76 Å². The van der Waals surface area contributed by atoms with Gasteiger partial charge in [-0.15, -0.1) is 0 Å². The lowest BCUT2D eigenvalue weighted by Gasteiger charge is -2.00. The van der Waals surface area contributed by atoms with Gasteiger partial charge in [0.05, 0.1) is 17.6 Å². The molecular formula is C8H6ClNO3. The van der Waals surface area contributed by atoms with Gasteiger partial charge in [0.1, 0.15) is 5.75 Å². The van der Waals surface area contributed by atoms with Crippen LogP contribution >= 0.6 is 11.6 Å². The van der Waals surface area contributed by atoms with E-state index in [4.69, 9.17) is 20.8 Å². The molecule has 2 rings (SSSR count). The van der Waals surface area contributed by atoms with Crippen molar-refractivity contribution in [1.82, 2.24) is 4.98 Å². The van der Waals surface area contributed by atoms with Gasteiger partial charge in [-0.2, -0.15) is 0 Å². The van der Waals surface area contributed by atoms with Crippen LogP contribution in [0.1, 0.15) is 0 Å². The molecule has 0 radical (unpaired) electrons. The monoisotopic (exact) mass is 199 g/mol. The van der Waals surface area contributed by atoms with Crippen LogP contribution in [-0.2, 0) is 0 Å². The molecule has 0 spiro atoms. The number of fused-ring (bicyclic) bond motifs is 1. The number of hydrogen-bond donors (Lipinski definition) is 1. The largest absolute Gasteiger partial charge is 0.495 e. The Morgan fingerprint density at radius 3 is 3.00 bits per heavy atom. The van der Waals surface area contributed by atoms with E-state index in [1.165, 1.54) is 7.11 Å². The zero-order valence-corrected chi connectivity index (χ0v) is 7.51. The maximum atomic E-state index is 10.8. The summed E-state index contributed by atoms with van der Waals surface area (Å²) in [6.07, 6.45) is 0. The lowest BCUT2D eigenvalue weighted by molar-refractivity contribution is 0.414. The van der Waals surface area contributed by atoms with Crippen LogP contribution in [0.4, 0.5) is 0 Å². The van der Waals surface area contributed by atoms with Crippen LogP contribution in [0, 0.1) is 0 Å². The molecule has 1 N–H and O–H groups in total. The summed E-state index contributed by atoms with van der Waals surface area (Å²) in [5.41, 5.74) is 1.00. The molecule has 0 amide bonds. The molecule has 5 heteroatoms. The summed E-state index contributed by atoms with van der Waals surface area (Å²) in [4.78, 5) is 13.3. The van der Waals surface area contributed by atoms with Gasteiger partial charge in [-0.3, -0.25) is 4.98 Å². The van der Waals surface area contributed by atoms with Crippen molar-refractivity contribution < 1.29 is 9.15 Å². The molecule has 2 aromatic rings. The number of H-pyrrole nitrogens is 1. The molecule has 0 aliphatic carbocycles. The van der Waals surface area contributed by atoms with Gasteiger partial charge in [0.2, 0.25) is 0 Å². The number of nitrogens with one attached hydrogen (secondary N) is 1. The number of rotatable bonds is 1. The number of hydrogen-bond acceptors (Lipinski definition) is 3. The van der Waals surface area contributed by atoms with Crippen LogP contribution < -0.4 is 10.5 Å². The second kappa shape index (κ2) is 2.81. The van der Waals surface area contributed by atoms with Crippen molar-refractivity contribution in [3.63, 3.8) is 0 Å². The summed E-state index contributed by atoms with van der Waals surface area (Å²) in [6, 6.07) is 3.15. The van der Waals surface area contributed by atoms with Crippen molar-refractivity contribution in [2.24, 2.45) is 0 Å². The van der Waals surface area contributed by atoms with Gasteiger partial charge in [0.25, 0.3) is 0 Å². The molecule has 1 heterocycles. The fourth-order valence-electron chi connectivity index (χ4n) is 1.11. The summed E-state index contributed by atoms with van der Waals surface area (Å²) in [5.74, 6) is -0.0174. The SMILES string of the molecule is COc1cc2oc(=O)[nH]c2cc1Cl. The predicted octanol–water partition coefficient (Wildman–Crippen LogP) is 1.78. The summed E-state index contributed by atoms with van der Waals surface area (Å²) < 4.78 is 9.77. The van der Waals surface area contributed by atoms with Gasteiger partial charge in [0.15, 0.2) is 5.58 Å². The Morgan fingerprint density at radius 1 is 1.54 bits per heavy atom. The van der Waals surface area contributed by atoms with E-state index >= 15 is 0 Å². The summed E-state index contributed by atoms with van der Waals surface area (Å²) in [6.45, 7) is 0. The van der Waals surface area contributed by atoms with E-state index in [2.05, 4.69) is 4.98 Å². The third kappa shape index (κ3) is 1.29. The topological polar surface area (TPSA) is 55.2 Å². The molecule has 0 atom stereocenters. The average Bonchev–Trinajstić information content (AvgIpc) is 2.42. The van der Waals surface area contributed by atoms with E-state index in [9.17, 15) is 4.79 Å². The molecule has 68 valence electrons. The molecule has 0 unspecified atom stereocenters. The Kier molecular flexibility index (Phi) is 1.77. The quantitative estimate of drug-likeness (QED) is 0.762. The molecule has 0 aliphatic rings. The van der Waals surface area contributed by atoms with E-state index < -0.39 is 5.76 Å². The highest BCUT2D eigenvalue weighted by Gasteiger charge is 2.06. The van der Waals surface area contributed by atoms with E-state index in [-0.39, 0.29) is 0 Å². The maximum absolute atomic E-state index is 10.8. The van der Waals surface area contributed by atoms with Gasteiger partial charge in [-0.1, -0.05) is 11.6 Å². The minimum Gasteiger partial charge on any atom is -0.495 e. The zero-order valence-electron chi connectivity index (χ0n) is 6.76. The van der Waals surface area contributed by atoms with Crippen LogP contribution in [0.2, 0.25) is 5.02 Å². The minimum absolute atomic E-state index is 0.436. The maximum Gasteiger partial charge on any atom is 0.417 e. The van der Waals surface area contributed by atoms with Crippen molar-refractivity contribution in [1.29, 1.82) is 0 Å². The van der Waals surface area contributed by atoms with Crippen molar-refractivity contribution in [3.8, 4) is 5.75 Å². The summed E-state index contributed by atoms with van der Waals surface area (Å²) >= 11 is 5.82. The average molecular weight is 200 g/mol. The second-order valence-electron chi connectivity index (χ2n) is 2.50. The lowest BCUT2D eigenvalue weighted by atomic mass is 10.3. The Morgan fingerprint density at radius 2 is 2.31 bits per heavy atom.